The Morgan fingerprint density at radius 2 is 1.75 bits per heavy atom. The molecule has 0 radical (unpaired) electrons. The minimum absolute atomic E-state index is 0.00546. The molecule has 0 fully saturated rings. The van der Waals surface area contributed by atoms with Crippen molar-refractivity contribution in [2.45, 2.75) is 13.0 Å². The lowest BCUT2D eigenvalue weighted by atomic mass is 10.1. The topological polar surface area (TPSA) is 35.2 Å². The summed E-state index contributed by atoms with van der Waals surface area (Å²) in [6, 6.07) is 17.6. The van der Waals surface area contributed by atoms with Gasteiger partial charge in [0, 0.05) is 5.69 Å². The first kappa shape index (κ1) is 10.6. The molecule has 0 aromatic heterocycles. The van der Waals surface area contributed by atoms with E-state index in [9.17, 15) is 0 Å². The third-order valence-corrected chi connectivity index (χ3v) is 2.44. The molecule has 82 valence electrons. The third kappa shape index (κ3) is 2.54. The van der Waals surface area contributed by atoms with Crippen LogP contribution in [0.2, 0.25) is 0 Å². The van der Waals surface area contributed by atoms with Crippen molar-refractivity contribution in [1.82, 2.24) is 0 Å². The highest BCUT2D eigenvalue weighted by molar-refractivity contribution is 5.41. The number of rotatable bonds is 3. The van der Waals surface area contributed by atoms with Gasteiger partial charge < -0.3 is 10.5 Å². The Bertz CT molecular complexity index is 453. The van der Waals surface area contributed by atoms with Gasteiger partial charge in [-0.1, -0.05) is 30.3 Å². The molecule has 2 heteroatoms. The molecule has 2 aromatic rings. The molecule has 1 atom stereocenters. The highest BCUT2D eigenvalue weighted by atomic mass is 16.5. The summed E-state index contributed by atoms with van der Waals surface area (Å²) in [6.45, 7) is 2.02. The van der Waals surface area contributed by atoms with Crippen LogP contribution >= 0.6 is 0 Å². The molecule has 0 aliphatic rings. The lowest BCUT2D eigenvalue weighted by Gasteiger charge is -2.15. The SMILES string of the molecule is CC(Oc1ccccc1)c1cccc(N)c1. The van der Waals surface area contributed by atoms with Gasteiger partial charge in [-0.15, -0.1) is 0 Å². The van der Waals surface area contributed by atoms with Gasteiger partial charge in [0.05, 0.1) is 0 Å². The first-order valence-corrected chi connectivity index (χ1v) is 5.33. The third-order valence-electron chi connectivity index (χ3n) is 2.44. The minimum atomic E-state index is 0.00546. The molecular formula is C14H15NO. The second-order valence-corrected chi connectivity index (χ2v) is 3.74. The lowest BCUT2D eigenvalue weighted by molar-refractivity contribution is 0.227. The number of para-hydroxylation sites is 1. The maximum atomic E-state index is 5.80. The molecule has 0 heterocycles. The summed E-state index contributed by atoms with van der Waals surface area (Å²) >= 11 is 0. The minimum Gasteiger partial charge on any atom is -0.486 e. The number of anilines is 1. The van der Waals surface area contributed by atoms with Crippen LogP contribution in [0, 0.1) is 0 Å². The zero-order valence-electron chi connectivity index (χ0n) is 9.26. The van der Waals surface area contributed by atoms with Crippen LogP contribution in [0.1, 0.15) is 18.6 Å². The molecule has 0 saturated carbocycles. The Kier molecular flexibility index (Phi) is 3.10. The fourth-order valence-corrected chi connectivity index (χ4v) is 1.58. The van der Waals surface area contributed by atoms with Crippen molar-refractivity contribution in [3.05, 3.63) is 60.2 Å². The standard InChI is InChI=1S/C14H15NO/c1-11(12-6-5-7-13(15)10-12)16-14-8-3-2-4-9-14/h2-11H,15H2,1H3. The Hall–Kier alpha value is -1.96. The van der Waals surface area contributed by atoms with Gasteiger partial charge >= 0.3 is 0 Å². The summed E-state index contributed by atoms with van der Waals surface area (Å²) in [5.74, 6) is 0.873. The molecule has 0 saturated heterocycles. The number of nitrogens with two attached hydrogens (primary N) is 1. The monoisotopic (exact) mass is 213 g/mol. The summed E-state index contributed by atoms with van der Waals surface area (Å²) in [5, 5.41) is 0. The second kappa shape index (κ2) is 4.71. The van der Waals surface area contributed by atoms with Crippen LogP contribution in [0.15, 0.2) is 54.6 Å². The van der Waals surface area contributed by atoms with Gasteiger partial charge in [0.15, 0.2) is 0 Å². The Labute approximate surface area is 95.7 Å². The van der Waals surface area contributed by atoms with E-state index < -0.39 is 0 Å². The lowest BCUT2D eigenvalue weighted by Crippen LogP contribution is -2.03. The van der Waals surface area contributed by atoms with E-state index in [4.69, 9.17) is 10.5 Å². The van der Waals surface area contributed by atoms with Crippen molar-refractivity contribution in [3.63, 3.8) is 0 Å². The van der Waals surface area contributed by atoms with E-state index in [-0.39, 0.29) is 6.10 Å². The zero-order chi connectivity index (χ0) is 11.4. The highest BCUT2D eigenvalue weighted by Crippen LogP contribution is 2.22. The molecule has 0 aliphatic heterocycles. The summed E-state index contributed by atoms with van der Waals surface area (Å²) in [4.78, 5) is 0. The quantitative estimate of drug-likeness (QED) is 0.793. The average molecular weight is 213 g/mol. The van der Waals surface area contributed by atoms with Gasteiger partial charge in [-0.3, -0.25) is 0 Å². The Morgan fingerprint density at radius 1 is 1.00 bits per heavy atom. The molecule has 0 amide bonds. The van der Waals surface area contributed by atoms with Gasteiger partial charge in [0.25, 0.3) is 0 Å². The molecule has 1 unspecified atom stereocenters. The van der Waals surface area contributed by atoms with Gasteiger partial charge in [-0.2, -0.15) is 0 Å². The van der Waals surface area contributed by atoms with Crippen molar-refractivity contribution < 1.29 is 4.74 Å². The van der Waals surface area contributed by atoms with Crippen LogP contribution in [-0.2, 0) is 0 Å². The molecule has 2 rings (SSSR count). The largest absolute Gasteiger partial charge is 0.486 e. The predicted molar refractivity (Wildman–Crippen MR) is 66.3 cm³/mol. The molecule has 2 N–H and O–H groups in total. The highest BCUT2D eigenvalue weighted by Gasteiger charge is 2.06. The normalized spacial score (nSPS) is 12.1. The van der Waals surface area contributed by atoms with Crippen molar-refractivity contribution in [2.24, 2.45) is 0 Å². The molecule has 0 bridgehead atoms. The van der Waals surface area contributed by atoms with Crippen LogP contribution < -0.4 is 10.5 Å². The van der Waals surface area contributed by atoms with Crippen molar-refractivity contribution >= 4 is 5.69 Å². The van der Waals surface area contributed by atoms with Crippen molar-refractivity contribution in [3.8, 4) is 5.75 Å². The van der Waals surface area contributed by atoms with E-state index in [1.807, 2.05) is 61.5 Å². The summed E-state index contributed by atoms with van der Waals surface area (Å²) in [5.41, 5.74) is 7.59. The van der Waals surface area contributed by atoms with Gasteiger partial charge in [0.2, 0.25) is 0 Å². The van der Waals surface area contributed by atoms with E-state index in [1.165, 1.54) is 0 Å². The maximum absolute atomic E-state index is 5.80. The van der Waals surface area contributed by atoms with Gasteiger partial charge in [0.1, 0.15) is 11.9 Å². The summed E-state index contributed by atoms with van der Waals surface area (Å²) in [6.07, 6.45) is 0.00546. The molecular weight excluding hydrogens is 198 g/mol. The first-order chi connectivity index (χ1) is 7.75. The van der Waals surface area contributed by atoms with E-state index in [0.717, 1.165) is 17.0 Å². The molecule has 16 heavy (non-hydrogen) atoms. The smallest absolute Gasteiger partial charge is 0.121 e. The van der Waals surface area contributed by atoms with E-state index >= 15 is 0 Å². The average Bonchev–Trinajstić information content (AvgIpc) is 2.30. The number of hydrogen-bond donors (Lipinski definition) is 1. The number of nitrogen functional groups attached to an aromatic ring is 1. The number of hydrogen-bond acceptors (Lipinski definition) is 2. The van der Waals surface area contributed by atoms with Gasteiger partial charge in [-0.05, 0) is 36.8 Å². The van der Waals surface area contributed by atoms with E-state index in [1.54, 1.807) is 0 Å². The van der Waals surface area contributed by atoms with Crippen LogP contribution in [-0.4, -0.2) is 0 Å². The van der Waals surface area contributed by atoms with Crippen LogP contribution in [0.5, 0.6) is 5.75 Å². The Morgan fingerprint density at radius 3 is 2.44 bits per heavy atom. The zero-order valence-corrected chi connectivity index (χ0v) is 9.26. The second-order valence-electron chi connectivity index (χ2n) is 3.74. The van der Waals surface area contributed by atoms with Crippen LogP contribution in [0.4, 0.5) is 5.69 Å². The summed E-state index contributed by atoms with van der Waals surface area (Å²) in [7, 11) is 0. The molecule has 0 spiro atoms. The molecule has 2 aromatic carbocycles. The molecule has 0 aliphatic carbocycles. The van der Waals surface area contributed by atoms with E-state index in [0.29, 0.717) is 0 Å². The van der Waals surface area contributed by atoms with Crippen molar-refractivity contribution in [1.29, 1.82) is 0 Å². The fraction of sp³-hybridized carbons (Fsp3) is 0.143. The summed E-state index contributed by atoms with van der Waals surface area (Å²) < 4.78 is 5.80. The van der Waals surface area contributed by atoms with Crippen LogP contribution in [0.25, 0.3) is 0 Å². The first-order valence-electron chi connectivity index (χ1n) is 5.33. The molecule has 2 nitrogen and oxygen atoms in total. The Balaban J connectivity index is 2.12. The van der Waals surface area contributed by atoms with Crippen LogP contribution in [0.3, 0.4) is 0 Å². The fourth-order valence-electron chi connectivity index (χ4n) is 1.58. The maximum Gasteiger partial charge on any atom is 0.121 e. The predicted octanol–water partition coefficient (Wildman–Crippen LogP) is 3.41. The van der Waals surface area contributed by atoms with Gasteiger partial charge in [-0.25, -0.2) is 0 Å². The number of ether oxygens (including phenoxy) is 1. The van der Waals surface area contributed by atoms with E-state index in [2.05, 4.69) is 0 Å². The van der Waals surface area contributed by atoms with Crippen molar-refractivity contribution in [2.75, 3.05) is 5.73 Å². The number of benzene rings is 2.